The van der Waals surface area contributed by atoms with Crippen molar-refractivity contribution in [3.63, 3.8) is 0 Å². The van der Waals surface area contributed by atoms with Gasteiger partial charge in [-0.1, -0.05) is 0 Å². The Morgan fingerprint density at radius 1 is 1.60 bits per heavy atom. The number of rotatable bonds is 3. The number of ketones is 1. The maximum absolute atomic E-state index is 11.6. The third kappa shape index (κ3) is 2.83. The van der Waals surface area contributed by atoms with Crippen LogP contribution in [0.4, 0.5) is 4.79 Å². The predicted octanol–water partition coefficient (Wildman–Crippen LogP) is -1.62. The second-order valence-electron chi connectivity index (χ2n) is 2.85. The Morgan fingerprint density at radius 2 is 2.27 bits per heavy atom. The molecule has 0 aromatic rings. The van der Waals surface area contributed by atoms with E-state index in [9.17, 15) is 9.59 Å². The molecule has 5 nitrogen and oxygen atoms in total. The molecule has 0 aromatic carbocycles. The van der Waals surface area contributed by atoms with Crippen molar-refractivity contribution in [2.45, 2.75) is 26.4 Å². The standard InChI is InChI=1S/C9H12IO5/c1-4-6-7(11)8(5(2)13-6)14-9(12)15-10-3/h6H,4H2,1-3H3/q-1. The molecule has 0 spiro atoms. The van der Waals surface area contributed by atoms with Crippen molar-refractivity contribution in [3.05, 3.63) is 11.5 Å². The Kier molecular flexibility index (Phi) is 4.37. The topological polar surface area (TPSA) is 61.8 Å². The Bertz CT molecular complexity index is 310. The van der Waals surface area contributed by atoms with E-state index in [0.717, 1.165) is 0 Å². The number of carbonyl (C=O) groups excluding carboxylic acids is 2. The molecule has 0 fully saturated rings. The molecule has 1 aliphatic rings. The van der Waals surface area contributed by atoms with Gasteiger partial charge in [0.05, 0.1) is 0 Å². The van der Waals surface area contributed by atoms with Crippen LogP contribution in [-0.2, 0) is 17.3 Å². The molecule has 1 aliphatic heterocycles. The summed E-state index contributed by atoms with van der Waals surface area (Å²) < 4.78 is 14.7. The van der Waals surface area contributed by atoms with Gasteiger partial charge in [0, 0.05) is 0 Å². The van der Waals surface area contributed by atoms with E-state index in [1.165, 1.54) is 0 Å². The van der Waals surface area contributed by atoms with E-state index in [1.807, 2.05) is 6.92 Å². The normalized spacial score (nSPS) is 20.5. The molecule has 0 saturated heterocycles. The molecule has 0 radical (unpaired) electrons. The number of hydrogen-bond donors (Lipinski definition) is 0. The van der Waals surface area contributed by atoms with Crippen LogP contribution in [0.15, 0.2) is 11.5 Å². The average Bonchev–Trinajstić information content (AvgIpc) is 2.45. The van der Waals surface area contributed by atoms with E-state index in [2.05, 4.69) is 3.07 Å². The van der Waals surface area contributed by atoms with Crippen molar-refractivity contribution in [2.75, 3.05) is 4.93 Å². The summed E-state index contributed by atoms with van der Waals surface area (Å²) in [7, 11) is 0. The first-order valence-corrected chi connectivity index (χ1v) is 7.44. The molecule has 1 rings (SSSR count). The number of ether oxygens (including phenoxy) is 2. The second-order valence-corrected chi connectivity index (χ2v) is 4.17. The first-order chi connectivity index (χ1) is 7.10. The molecule has 0 bridgehead atoms. The molecule has 0 aromatic heterocycles. The zero-order valence-electron chi connectivity index (χ0n) is 8.70. The van der Waals surface area contributed by atoms with Crippen LogP contribution in [0.2, 0.25) is 0 Å². The first-order valence-electron chi connectivity index (χ1n) is 4.40. The minimum atomic E-state index is -0.826. The van der Waals surface area contributed by atoms with Gasteiger partial charge in [-0.2, -0.15) is 0 Å². The number of hydrogen-bond acceptors (Lipinski definition) is 5. The summed E-state index contributed by atoms with van der Waals surface area (Å²) in [5.41, 5.74) is 0. The number of Topliss-reactive ketones (excluding diaryl/α,β-unsaturated/α-hetero) is 1. The van der Waals surface area contributed by atoms with Crippen molar-refractivity contribution < 1.29 is 43.7 Å². The molecule has 6 heteroatoms. The van der Waals surface area contributed by atoms with Gasteiger partial charge in [-0.3, -0.25) is 0 Å². The first kappa shape index (κ1) is 12.3. The van der Waals surface area contributed by atoms with Crippen LogP contribution in [0.1, 0.15) is 20.3 Å². The maximum atomic E-state index is 11.6. The van der Waals surface area contributed by atoms with Crippen molar-refractivity contribution in [2.24, 2.45) is 0 Å². The fourth-order valence-electron chi connectivity index (χ4n) is 1.19. The van der Waals surface area contributed by atoms with Crippen LogP contribution < -0.4 is 21.6 Å². The van der Waals surface area contributed by atoms with Crippen LogP contribution in [-0.4, -0.2) is 23.0 Å². The number of carbonyl (C=O) groups is 2. The predicted molar refractivity (Wildman–Crippen MR) is 46.4 cm³/mol. The molecule has 0 amide bonds. The number of halogens is 1. The average molecular weight is 327 g/mol. The molecule has 0 N–H and O–H groups in total. The van der Waals surface area contributed by atoms with Gasteiger partial charge < -0.3 is 0 Å². The van der Waals surface area contributed by atoms with Crippen molar-refractivity contribution in [3.8, 4) is 0 Å². The van der Waals surface area contributed by atoms with Gasteiger partial charge in [-0.05, 0) is 0 Å². The zero-order valence-corrected chi connectivity index (χ0v) is 10.9. The molecule has 1 heterocycles. The van der Waals surface area contributed by atoms with Gasteiger partial charge in [0.25, 0.3) is 0 Å². The Morgan fingerprint density at radius 3 is 2.73 bits per heavy atom. The molecular formula is C9H12IO5-. The van der Waals surface area contributed by atoms with E-state index in [1.54, 1.807) is 11.9 Å². The van der Waals surface area contributed by atoms with E-state index in [4.69, 9.17) is 9.47 Å². The van der Waals surface area contributed by atoms with Gasteiger partial charge in [0.2, 0.25) is 0 Å². The van der Waals surface area contributed by atoms with Crippen LogP contribution in [0.25, 0.3) is 0 Å². The van der Waals surface area contributed by atoms with Gasteiger partial charge in [0.1, 0.15) is 0 Å². The van der Waals surface area contributed by atoms with Crippen LogP contribution in [0.5, 0.6) is 0 Å². The van der Waals surface area contributed by atoms with Crippen molar-refractivity contribution in [1.82, 2.24) is 0 Å². The molecule has 86 valence electrons. The molecule has 15 heavy (non-hydrogen) atoms. The van der Waals surface area contributed by atoms with Gasteiger partial charge in [-0.25, -0.2) is 0 Å². The Hall–Kier alpha value is -0.790. The fraction of sp³-hybridized carbons (Fsp3) is 0.556. The molecule has 0 saturated carbocycles. The minimum absolute atomic E-state index is 0.0238. The Labute approximate surface area is 98.6 Å². The van der Waals surface area contributed by atoms with Gasteiger partial charge in [-0.15, -0.1) is 0 Å². The van der Waals surface area contributed by atoms with E-state index < -0.39 is 33.9 Å². The SMILES string of the molecule is CCC1OC(C)=C(OC(=O)O[I-]C)C1=O. The second kappa shape index (κ2) is 5.34. The van der Waals surface area contributed by atoms with E-state index >= 15 is 0 Å². The monoisotopic (exact) mass is 327 g/mol. The zero-order chi connectivity index (χ0) is 11.4. The van der Waals surface area contributed by atoms with Crippen LogP contribution >= 0.6 is 0 Å². The summed E-state index contributed by atoms with van der Waals surface area (Å²) in [6.45, 7) is 3.42. The molecule has 1 unspecified atom stereocenters. The Balaban J connectivity index is 2.65. The van der Waals surface area contributed by atoms with Crippen molar-refractivity contribution in [1.29, 1.82) is 0 Å². The van der Waals surface area contributed by atoms with Gasteiger partial charge >= 0.3 is 98.5 Å². The summed E-state index contributed by atoms with van der Waals surface area (Å²) in [5.74, 6) is 0.0312. The third-order valence-electron chi connectivity index (χ3n) is 1.85. The summed E-state index contributed by atoms with van der Waals surface area (Å²) in [6, 6.07) is 0. The van der Waals surface area contributed by atoms with Crippen LogP contribution in [0.3, 0.4) is 0 Å². The van der Waals surface area contributed by atoms with Gasteiger partial charge in [0.15, 0.2) is 0 Å². The summed E-state index contributed by atoms with van der Waals surface area (Å²) in [5, 5.41) is 0. The number of alkyl halides is 1. The van der Waals surface area contributed by atoms with E-state index in [-0.39, 0.29) is 11.5 Å². The molecule has 0 aliphatic carbocycles. The quantitative estimate of drug-likeness (QED) is 0.354. The summed E-state index contributed by atoms with van der Waals surface area (Å²) >= 11 is -0.648. The molecule has 1 atom stereocenters. The summed E-state index contributed by atoms with van der Waals surface area (Å²) in [6.07, 6.45) is -0.795. The van der Waals surface area contributed by atoms with Crippen LogP contribution in [0, 0.1) is 0 Å². The van der Waals surface area contributed by atoms with Crippen molar-refractivity contribution >= 4 is 11.9 Å². The third-order valence-corrected chi connectivity index (χ3v) is 2.65. The molecular weight excluding hydrogens is 315 g/mol. The summed E-state index contributed by atoms with van der Waals surface area (Å²) in [4.78, 5) is 24.4. The number of allylic oxidation sites excluding steroid dienone is 1. The fourth-order valence-corrected chi connectivity index (χ4v) is 1.64. The van der Waals surface area contributed by atoms with E-state index in [0.29, 0.717) is 12.2 Å².